The zero-order valence-corrected chi connectivity index (χ0v) is 17.2. The van der Waals surface area contributed by atoms with Gasteiger partial charge >= 0.3 is 0 Å². The quantitative estimate of drug-likeness (QED) is 0.509. The molecule has 0 saturated heterocycles. The van der Waals surface area contributed by atoms with Gasteiger partial charge in [0.15, 0.2) is 11.6 Å². The molecule has 1 aliphatic heterocycles. The lowest BCUT2D eigenvalue weighted by Crippen LogP contribution is -2.00. The van der Waals surface area contributed by atoms with Crippen LogP contribution in [0, 0.1) is 5.41 Å². The molecule has 0 spiro atoms. The molecule has 0 radical (unpaired) electrons. The van der Waals surface area contributed by atoms with E-state index in [1.807, 2.05) is 13.8 Å². The lowest BCUT2D eigenvalue weighted by atomic mass is 10.1. The molecule has 3 N–H and O–H groups in total. The van der Waals surface area contributed by atoms with Gasteiger partial charge in [-0.15, -0.1) is 12.4 Å². The molecule has 0 aromatic heterocycles. The maximum atomic E-state index is 11.1. The van der Waals surface area contributed by atoms with Gasteiger partial charge in [-0.25, -0.2) is 0 Å². The first-order chi connectivity index (χ1) is 11.3. The van der Waals surface area contributed by atoms with Crippen molar-refractivity contribution in [2.75, 3.05) is 6.61 Å². The van der Waals surface area contributed by atoms with Crippen LogP contribution in [0.25, 0.3) is 0 Å². The summed E-state index contributed by atoms with van der Waals surface area (Å²) in [5.74, 6) is 1.45. The smallest absolute Gasteiger partial charge is 0.173 e. The number of amidine groups is 1. The first-order valence-electron chi connectivity index (χ1n) is 7.90. The molecule has 0 aromatic rings. The lowest BCUT2D eigenvalue weighted by molar-refractivity contribution is -0.115. The number of carbonyl (C=O) groups excluding carboxylic acids is 2. The zero-order valence-electron chi connectivity index (χ0n) is 14.8. The first-order valence-corrected chi connectivity index (χ1v) is 8.70. The van der Waals surface area contributed by atoms with Crippen LogP contribution in [0.3, 0.4) is 0 Å². The summed E-state index contributed by atoms with van der Waals surface area (Å²) >= 11 is 3.18. The molecular weight excluding hydrogens is 410 g/mol. The van der Waals surface area contributed by atoms with E-state index in [-0.39, 0.29) is 24.0 Å². The fraction of sp³-hybridized carbons (Fsp3) is 0.529. The van der Waals surface area contributed by atoms with E-state index in [2.05, 4.69) is 20.9 Å². The number of hydrogen-bond donors (Lipinski definition) is 2. The second-order valence-corrected chi connectivity index (χ2v) is 6.44. The van der Waals surface area contributed by atoms with Crippen LogP contribution in [-0.2, 0) is 14.3 Å². The van der Waals surface area contributed by atoms with Gasteiger partial charge in [-0.3, -0.25) is 20.0 Å². The molecule has 6 nitrogen and oxygen atoms in total. The fourth-order valence-corrected chi connectivity index (χ4v) is 2.97. The second kappa shape index (κ2) is 11.2. The number of halogens is 2. The minimum Gasteiger partial charge on any atom is -0.497 e. The van der Waals surface area contributed by atoms with Crippen molar-refractivity contribution in [1.82, 2.24) is 0 Å². The summed E-state index contributed by atoms with van der Waals surface area (Å²) in [6, 6.07) is 0. The number of carbonyl (C=O) groups is 2. The van der Waals surface area contributed by atoms with Crippen molar-refractivity contribution < 1.29 is 14.3 Å². The summed E-state index contributed by atoms with van der Waals surface area (Å²) in [5, 5.41) is 6.28. The molecule has 0 saturated carbocycles. The van der Waals surface area contributed by atoms with Crippen LogP contribution < -0.4 is 5.73 Å². The Morgan fingerprint density at radius 3 is 2.24 bits per heavy atom. The Morgan fingerprint density at radius 2 is 1.80 bits per heavy atom. The van der Waals surface area contributed by atoms with Gasteiger partial charge in [0, 0.05) is 42.7 Å². The maximum absolute atomic E-state index is 11.1. The molecule has 0 unspecified atom stereocenters. The molecule has 0 atom stereocenters. The predicted octanol–water partition coefficient (Wildman–Crippen LogP) is 3.82. The standard InChI is InChI=1S/C8H9NO.C7H9BrO2.C2H6N2.ClH/c1-5-4-6-7(9-5)2-3-8(6)10;1-2-10-6-4-3-5(9)7(6)8;1-2(3)4;/h2*2-4H2,1H3;1H3,(H3,3,4);1H. The minimum absolute atomic E-state index is 0. The molecule has 3 aliphatic rings. The molecule has 2 aliphatic carbocycles. The predicted molar refractivity (Wildman–Crippen MR) is 106 cm³/mol. The van der Waals surface area contributed by atoms with Crippen LogP contribution >= 0.6 is 28.3 Å². The summed E-state index contributed by atoms with van der Waals surface area (Å²) in [7, 11) is 0. The van der Waals surface area contributed by atoms with Crippen molar-refractivity contribution in [1.29, 1.82) is 5.41 Å². The summed E-state index contributed by atoms with van der Waals surface area (Å²) in [6.07, 6.45) is 3.74. The third-order valence-electron chi connectivity index (χ3n) is 3.42. The third kappa shape index (κ3) is 7.52. The van der Waals surface area contributed by atoms with Gasteiger partial charge < -0.3 is 10.5 Å². The highest BCUT2D eigenvalue weighted by molar-refractivity contribution is 9.12. The number of nitrogens with one attached hydrogen (secondary N) is 1. The Balaban J connectivity index is 0.000000370. The van der Waals surface area contributed by atoms with Crippen LogP contribution in [0.2, 0.25) is 0 Å². The monoisotopic (exact) mass is 433 g/mol. The van der Waals surface area contributed by atoms with Crippen molar-refractivity contribution in [3.05, 3.63) is 21.5 Å². The van der Waals surface area contributed by atoms with E-state index in [0.717, 1.165) is 42.0 Å². The van der Waals surface area contributed by atoms with E-state index in [1.165, 1.54) is 6.92 Å². The SMILES string of the molecule is CC(=N)N.CC1=NC2=C(C1)C(=O)CC2.CCOC1=C(Br)C(=O)CC1.Cl. The first kappa shape index (κ1) is 23.5. The van der Waals surface area contributed by atoms with Crippen LogP contribution in [0.4, 0.5) is 0 Å². The van der Waals surface area contributed by atoms with Crippen molar-refractivity contribution in [3.63, 3.8) is 0 Å². The van der Waals surface area contributed by atoms with E-state index in [4.69, 9.17) is 15.9 Å². The van der Waals surface area contributed by atoms with E-state index in [9.17, 15) is 9.59 Å². The largest absolute Gasteiger partial charge is 0.497 e. The number of aliphatic imine (C=N–C) groups is 1. The highest BCUT2D eigenvalue weighted by Gasteiger charge is 2.26. The van der Waals surface area contributed by atoms with Crippen LogP contribution in [0.15, 0.2) is 26.5 Å². The minimum atomic E-state index is 0. The molecule has 1 heterocycles. The van der Waals surface area contributed by atoms with Gasteiger partial charge in [0.05, 0.1) is 16.9 Å². The van der Waals surface area contributed by atoms with E-state index < -0.39 is 0 Å². The number of ether oxygens (including phenoxy) is 1. The highest BCUT2D eigenvalue weighted by Crippen LogP contribution is 2.31. The zero-order chi connectivity index (χ0) is 18.3. The van der Waals surface area contributed by atoms with Gasteiger partial charge in [-0.2, -0.15) is 0 Å². The summed E-state index contributed by atoms with van der Waals surface area (Å²) in [6.45, 7) is 6.05. The number of Topliss-reactive ketones (excluding diaryl/α,β-unsaturated/α-hetero) is 2. The molecule has 3 rings (SSSR count). The van der Waals surface area contributed by atoms with Crippen LogP contribution in [0.1, 0.15) is 52.9 Å². The number of hydrogen-bond acceptors (Lipinski definition) is 5. The Labute approximate surface area is 163 Å². The fourth-order valence-electron chi connectivity index (χ4n) is 2.46. The number of rotatable bonds is 2. The third-order valence-corrected chi connectivity index (χ3v) is 4.30. The van der Waals surface area contributed by atoms with Crippen molar-refractivity contribution in [3.8, 4) is 0 Å². The van der Waals surface area contributed by atoms with E-state index in [1.54, 1.807) is 0 Å². The average molecular weight is 435 g/mol. The van der Waals surface area contributed by atoms with Crippen LogP contribution in [-0.4, -0.2) is 29.7 Å². The normalized spacial score (nSPS) is 17.8. The van der Waals surface area contributed by atoms with Crippen LogP contribution in [0.5, 0.6) is 0 Å². The highest BCUT2D eigenvalue weighted by atomic mass is 79.9. The molecule has 0 aromatic carbocycles. The maximum Gasteiger partial charge on any atom is 0.173 e. The number of nitrogens with two attached hydrogens (primary N) is 1. The van der Waals surface area contributed by atoms with E-state index >= 15 is 0 Å². The van der Waals surface area contributed by atoms with Gasteiger partial charge in [-0.1, -0.05) is 0 Å². The summed E-state index contributed by atoms with van der Waals surface area (Å²) in [4.78, 5) is 26.2. The Bertz CT molecular complexity index is 635. The van der Waals surface area contributed by atoms with E-state index in [0.29, 0.717) is 29.7 Å². The second-order valence-electron chi connectivity index (χ2n) is 5.65. The molecule has 0 fully saturated rings. The molecular formula is C17H25BrClN3O3. The van der Waals surface area contributed by atoms with Gasteiger partial charge in [-0.05, 0) is 43.1 Å². The van der Waals surface area contributed by atoms with Crippen molar-refractivity contribution in [2.24, 2.45) is 10.7 Å². The Kier molecular flexibility index (Phi) is 10.5. The van der Waals surface area contributed by atoms with Gasteiger partial charge in [0.25, 0.3) is 0 Å². The molecule has 25 heavy (non-hydrogen) atoms. The molecule has 8 heteroatoms. The number of nitrogens with zero attached hydrogens (tertiary/aromatic N) is 1. The lowest BCUT2D eigenvalue weighted by Gasteiger charge is -2.01. The van der Waals surface area contributed by atoms with Crippen molar-refractivity contribution in [2.45, 2.75) is 52.9 Å². The number of allylic oxidation sites excluding steroid dienone is 4. The van der Waals surface area contributed by atoms with Crippen molar-refractivity contribution >= 4 is 51.5 Å². The molecule has 0 bridgehead atoms. The summed E-state index contributed by atoms with van der Waals surface area (Å²) in [5.41, 5.74) is 7.83. The molecule has 0 amide bonds. The Morgan fingerprint density at radius 1 is 1.24 bits per heavy atom. The number of ketones is 2. The molecule has 140 valence electrons. The topological polar surface area (TPSA) is 106 Å². The average Bonchev–Trinajstić information content (AvgIpc) is 3.12. The summed E-state index contributed by atoms with van der Waals surface area (Å²) < 4.78 is 5.83. The Hall–Kier alpha value is -1.47. The van der Waals surface area contributed by atoms with Gasteiger partial charge in [0.1, 0.15) is 5.76 Å². The van der Waals surface area contributed by atoms with Gasteiger partial charge in [0.2, 0.25) is 0 Å².